The summed E-state index contributed by atoms with van der Waals surface area (Å²) in [5.74, 6) is -0.144. The fourth-order valence-electron chi connectivity index (χ4n) is 2.36. The van der Waals surface area contributed by atoms with E-state index in [1.807, 2.05) is 24.8 Å². The van der Waals surface area contributed by atoms with Crippen LogP contribution in [0.1, 0.15) is 18.4 Å². The van der Waals surface area contributed by atoms with Gasteiger partial charge in [-0.05, 0) is 56.6 Å². The Balaban J connectivity index is 1.87. The molecule has 2 N–H and O–H groups in total. The van der Waals surface area contributed by atoms with Crippen LogP contribution in [0.3, 0.4) is 0 Å². The van der Waals surface area contributed by atoms with Gasteiger partial charge in [-0.15, -0.1) is 11.8 Å². The van der Waals surface area contributed by atoms with Crippen LogP contribution in [0.25, 0.3) is 0 Å². The minimum absolute atomic E-state index is 0.144. The predicted molar refractivity (Wildman–Crippen MR) is 75.5 cm³/mol. The molecule has 18 heavy (non-hydrogen) atoms. The summed E-state index contributed by atoms with van der Waals surface area (Å²) in [5, 5.41) is 0.656. The highest BCUT2D eigenvalue weighted by molar-refractivity contribution is 8.00. The van der Waals surface area contributed by atoms with E-state index in [1.165, 1.54) is 17.7 Å². The summed E-state index contributed by atoms with van der Waals surface area (Å²) in [6.45, 7) is 6.00. The van der Waals surface area contributed by atoms with Crippen molar-refractivity contribution in [3.8, 4) is 0 Å². The van der Waals surface area contributed by atoms with E-state index in [2.05, 4.69) is 4.90 Å². The highest BCUT2D eigenvalue weighted by Gasteiger charge is 2.19. The van der Waals surface area contributed by atoms with Crippen molar-refractivity contribution in [3.63, 3.8) is 0 Å². The highest BCUT2D eigenvalue weighted by atomic mass is 32.2. The largest absolute Gasteiger partial charge is 0.329 e. The standard InChI is InChI=1S/C14H21FN2S/c1-11-10-12(15)2-3-14(11)18-13-4-7-17(8-5-13)9-6-16/h2-3,10,13H,4-9,16H2,1H3. The van der Waals surface area contributed by atoms with Crippen LogP contribution in [0.15, 0.2) is 23.1 Å². The Kier molecular flexibility index (Phi) is 5.03. The molecule has 0 amide bonds. The summed E-state index contributed by atoms with van der Waals surface area (Å²) in [7, 11) is 0. The van der Waals surface area contributed by atoms with Gasteiger partial charge in [-0.3, -0.25) is 0 Å². The van der Waals surface area contributed by atoms with E-state index in [9.17, 15) is 4.39 Å². The smallest absolute Gasteiger partial charge is 0.123 e. The first-order valence-corrected chi connectivity index (χ1v) is 7.42. The monoisotopic (exact) mass is 268 g/mol. The first-order chi connectivity index (χ1) is 8.69. The van der Waals surface area contributed by atoms with Crippen LogP contribution in [-0.2, 0) is 0 Å². The predicted octanol–water partition coefficient (Wildman–Crippen LogP) is 2.65. The Labute approximate surface area is 113 Å². The number of nitrogens with two attached hydrogens (primary N) is 1. The van der Waals surface area contributed by atoms with E-state index in [0.29, 0.717) is 5.25 Å². The quantitative estimate of drug-likeness (QED) is 0.910. The van der Waals surface area contributed by atoms with Crippen LogP contribution in [0.4, 0.5) is 4.39 Å². The molecule has 1 aromatic carbocycles. The molecule has 0 spiro atoms. The lowest BCUT2D eigenvalue weighted by atomic mass is 10.1. The molecule has 1 saturated heterocycles. The summed E-state index contributed by atoms with van der Waals surface area (Å²) >= 11 is 1.90. The molecule has 0 unspecified atom stereocenters. The fraction of sp³-hybridized carbons (Fsp3) is 0.571. The Morgan fingerprint density at radius 2 is 2.11 bits per heavy atom. The number of rotatable bonds is 4. The number of aryl methyl sites for hydroxylation is 1. The molecule has 1 aliphatic rings. The van der Waals surface area contributed by atoms with Crippen LogP contribution in [0.5, 0.6) is 0 Å². The van der Waals surface area contributed by atoms with Crippen LogP contribution in [-0.4, -0.2) is 36.3 Å². The molecule has 0 bridgehead atoms. The fourth-order valence-corrected chi connectivity index (χ4v) is 3.55. The van der Waals surface area contributed by atoms with Crippen molar-refractivity contribution in [2.45, 2.75) is 29.9 Å². The van der Waals surface area contributed by atoms with Gasteiger partial charge in [0.2, 0.25) is 0 Å². The van der Waals surface area contributed by atoms with Gasteiger partial charge in [0.15, 0.2) is 0 Å². The topological polar surface area (TPSA) is 29.3 Å². The van der Waals surface area contributed by atoms with Crippen molar-refractivity contribution >= 4 is 11.8 Å². The molecule has 4 heteroatoms. The van der Waals surface area contributed by atoms with E-state index in [4.69, 9.17) is 5.73 Å². The molecular formula is C14H21FN2S. The number of hydrogen-bond acceptors (Lipinski definition) is 3. The maximum Gasteiger partial charge on any atom is 0.123 e. The summed E-state index contributed by atoms with van der Waals surface area (Å²) in [4.78, 5) is 3.64. The van der Waals surface area contributed by atoms with Crippen molar-refractivity contribution in [2.24, 2.45) is 5.73 Å². The molecule has 1 fully saturated rings. The van der Waals surface area contributed by atoms with Gasteiger partial charge in [-0.2, -0.15) is 0 Å². The third kappa shape index (κ3) is 3.70. The molecule has 0 aliphatic carbocycles. The van der Waals surface area contributed by atoms with Gasteiger partial charge in [-0.25, -0.2) is 4.39 Å². The third-order valence-corrected chi connectivity index (χ3v) is 4.93. The number of thioether (sulfide) groups is 1. The van der Waals surface area contributed by atoms with Gasteiger partial charge in [0.25, 0.3) is 0 Å². The molecule has 1 aromatic rings. The van der Waals surface area contributed by atoms with E-state index in [-0.39, 0.29) is 5.82 Å². The Morgan fingerprint density at radius 3 is 2.72 bits per heavy atom. The Morgan fingerprint density at radius 1 is 1.39 bits per heavy atom. The summed E-state index contributed by atoms with van der Waals surface area (Å²) in [5.41, 5.74) is 6.61. The maximum atomic E-state index is 13.0. The molecule has 0 saturated carbocycles. The molecule has 2 nitrogen and oxygen atoms in total. The Bertz CT molecular complexity index is 389. The van der Waals surface area contributed by atoms with Crippen LogP contribution >= 0.6 is 11.8 Å². The second kappa shape index (κ2) is 6.55. The molecular weight excluding hydrogens is 247 g/mol. The van der Waals surface area contributed by atoms with Crippen molar-refractivity contribution in [1.82, 2.24) is 4.90 Å². The highest BCUT2D eigenvalue weighted by Crippen LogP contribution is 2.32. The van der Waals surface area contributed by atoms with Crippen molar-refractivity contribution in [3.05, 3.63) is 29.6 Å². The first-order valence-electron chi connectivity index (χ1n) is 6.54. The van der Waals surface area contributed by atoms with Crippen LogP contribution in [0.2, 0.25) is 0 Å². The third-order valence-electron chi connectivity index (χ3n) is 3.41. The lowest BCUT2D eigenvalue weighted by molar-refractivity contribution is 0.239. The minimum Gasteiger partial charge on any atom is -0.329 e. The molecule has 0 aromatic heterocycles. The van der Waals surface area contributed by atoms with Crippen LogP contribution < -0.4 is 5.73 Å². The van der Waals surface area contributed by atoms with E-state index in [1.54, 1.807) is 12.1 Å². The van der Waals surface area contributed by atoms with Crippen LogP contribution in [0, 0.1) is 12.7 Å². The Hall–Kier alpha value is -0.580. The zero-order valence-electron chi connectivity index (χ0n) is 10.9. The summed E-state index contributed by atoms with van der Waals surface area (Å²) in [6.07, 6.45) is 2.39. The van der Waals surface area contributed by atoms with Gasteiger partial charge in [0.05, 0.1) is 0 Å². The number of benzene rings is 1. The van der Waals surface area contributed by atoms with E-state index in [0.717, 1.165) is 31.7 Å². The normalized spacial score (nSPS) is 18.2. The van der Waals surface area contributed by atoms with E-state index < -0.39 is 0 Å². The lowest BCUT2D eigenvalue weighted by Gasteiger charge is -2.31. The SMILES string of the molecule is Cc1cc(F)ccc1SC1CCN(CCN)CC1. The molecule has 0 atom stereocenters. The average molecular weight is 268 g/mol. The number of halogens is 1. The average Bonchev–Trinajstić information content (AvgIpc) is 2.35. The molecule has 1 aliphatic heterocycles. The summed E-state index contributed by atoms with van der Waals surface area (Å²) in [6, 6.07) is 5.08. The van der Waals surface area contributed by atoms with Gasteiger partial charge in [-0.1, -0.05) is 0 Å². The van der Waals surface area contributed by atoms with Gasteiger partial charge >= 0.3 is 0 Å². The van der Waals surface area contributed by atoms with E-state index >= 15 is 0 Å². The van der Waals surface area contributed by atoms with Crippen molar-refractivity contribution < 1.29 is 4.39 Å². The number of likely N-dealkylation sites (tertiary alicyclic amines) is 1. The lowest BCUT2D eigenvalue weighted by Crippen LogP contribution is -2.37. The number of nitrogens with zero attached hydrogens (tertiary/aromatic N) is 1. The van der Waals surface area contributed by atoms with Gasteiger partial charge in [0.1, 0.15) is 5.82 Å². The number of hydrogen-bond donors (Lipinski definition) is 1. The zero-order valence-corrected chi connectivity index (χ0v) is 11.7. The second-order valence-corrected chi connectivity index (χ2v) is 6.20. The second-order valence-electron chi connectivity index (χ2n) is 4.86. The number of piperidine rings is 1. The zero-order chi connectivity index (χ0) is 13.0. The molecule has 1 heterocycles. The molecule has 100 valence electrons. The molecule has 0 radical (unpaired) electrons. The maximum absolute atomic E-state index is 13.0. The van der Waals surface area contributed by atoms with Gasteiger partial charge < -0.3 is 10.6 Å². The van der Waals surface area contributed by atoms with Crippen molar-refractivity contribution in [2.75, 3.05) is 26.2 Å². The molecule has 2 rings (SSSR count). The first kappa shape index (κ1) is 13.8. The summed E-state index contributed by atoms with van der Waals surface area (Å²) < 4.78 is 13.0. The van der Waals surface area contributed by atoms with Gasteiger partial charge in [0, 0.05) is 23.2 Å². The minimum atomic E-state index is -0.144. The van der Waals surface area contributed by atoms with Crippen molar-refractivity contribution in [1.29, 1.82) is 0 Å².